The Morgan fingerprint density at radius 3 is 2.62 bits per heavy atom. The van der Waals surface area contributed by atoms with Crippen LogP contribution in [0.4, 0.5) is 11.4 Å². The van der Waals surface area contributed by atoms with E-state index in [0.29, 0.717) is 24.5 Å². The predicted octanol–water partition coefficient (Wildman–Crippen LogP) is 2.59. The first-order chi connectivity index (χ1) is 11.5. The summed E-state index contributed by atoms with van der Waals surface area (Å²) in [7, 11) is 3.84. The molecule has 7 nitrogen and oxygen atoms in total. The van der Waals surface area contributed by atoms with Crippen molar-refractivity contribution in [2.24, 2.45) is 0 Å². The van der Waals surface area contributed by atoms with Crippen LogP contribution in [-0.4, -0.2) is 43.2 Å². The Balaban J connectivity index is 2.23. The Hall–Kier alpha value is -2.83. The monoisotopic (exact) mass is 330 g/mol. The maximum atomic E-state index is 12.5. The van der Waals surface area contributed by atoms with Crippen LogP contribution in [0.25, 0.3) is 0 Å². The SMILES string of the molecule is CCOc1ncc(NC(=O)c2cccc(N(C)C)c2)c(OCC)n1. The van der Waals surface area contributed by atoms with E-state index in [-0.39, 0.29) is 17.8 Å². The van der Waals surface area contributed by atoms with Gasteiger partial charge in [-0.25, -0.2) is 4.98 Å². The predicted molar refractivity (Wildman–Crippen MR) is 93.1 cm³/mol. The van der Waals surface area contributed by atoms with Crippen LogP contribution in [0.5, 0.6) is 11.9 Å². The Kier molecular flexibility index (Phi) is 5.95. The molecule has 2 aromatic rings. The van der Waals surface area contributed by atoms with Gasteiger partial charge in [-0.2, -0.15) is 4.98 Å². The first-order valence-corrected chi connectivity index (χ1v) is 7.76. The normalized spacial score (nSPS) is 10.2. The average molecular weight is 330 g/mol. The first kappa shape index (κ1) is 17.5. The second-order valence-corrected chi connectivity index (χ2v) is 5.14. The Bertz CT molecular complexity index is 704. The number of amides is 1. The summed E-state index contributed by atoms with van der Waals surface area (Å²) >= 11 is 0. The van der Waals surface area contributed by atoms with Gasteiger partial charge in [-0.05, 0) is 32.0 Å². The first-order valence-electron chi connectivity index (χ1n) is 7.76. The van der Waals surface area contributed by atoms with Crippen LogP contribution < -0.4 is 19.7 Å². The number of hydrogen-bond donors (Lipinski definition) is 1. The second kappa shape index (κ2) is 8.14. The van der Waals surface area contributed by atoms with Crippen LogP contribution in [0.1, 0.15) is 24.2 Å². The van der Waals surface area contributed by atoms with Gasteiger partial charge in [-0.1, -0.05) is 6.07 Å². The van der Waals surface area contributed by atoms with E-state index < -0.39 is 0 Å². The van der Waals surface area contributed by atoms with E-state index in [1.165, 1.54) is 6.20 Å². The van der Waals surface area contributed by atoms with Gasteiger partial charge in [-0.15, -0.1) is 0 Å². The minimum absolute atomic E-state index is 0.216. The number of carbonyl (C=O) groups excluding carboxylic acids is 1. The molecule has 128 valence electrons. The van der Waals surface area contributed by atoms with E-state index in [1.807, 2.05) is 51.0 Å². The minimum Gasteiger partial charge on any atom is -0.476 e. The zero-order chi connectivity index (χ0) is 17.5. The number of carbonyl (C=O) groups is 1. The summed E-state index contributed by atoms with van der Waals surface area (Å²) in [5.74, 6) is 0.0282. The van der Waals surface area contributed by atoms with Crippen LogP contribution in [0.2, 0.25) is 0 Å². The molecule has 1 aromatic heterocycles. The summed E-state index contributed by atoms with van der Waals surface area (Å²) in [5, 5.41) is 2.78. The molecule has 0 aliphatic heterocycles. The maximum absolute atomic E-state index is 12.5. The Labute approximate surface area is 141 Å². The van der Waals surface area contributed by atoms with Gasteiger partial charge in [0.15, 0.2) is 0 Å². The lowest BCUT2D eigenvalue weighted by Gasteiger charge is -2.14. The van der Waals surface area contributed by atoms with Crippen molar-refractivity contribution < 1.29 is 14.3 Å². The summed E-state index contributed by atoms with van der Waals surface area (Å²) in [6.45, 7) is 4.56. The molecule has 2 rings (SSSR count). The summed E-state index contributed by atoms with van der Waals surface area (Å²) in [6, 6.07) is 7.54. The molecule has 0 unspecified atom stereocenters. The summed E-state index contributed by atoms with van der Waals surface area (Å²) in [6.07, 6.45) is 1.48. The van der Waals surface area contributed by atoms with Crippen molar-refractivity contribution in [3.8, 4) is 11.9 Å². The second-order valence-electron chi connectivity index (χ2n) is 5.14. The fourth-order valence-corrected chi connectivity index (χ4v) is 2.00. The number of rotatable bonds is 7. The van der Waals surface area contributed by atoms with Crippen molar-refractivity contribution in [3.05, 3.63) is 36.0 Å². The molecule has 0 aliphatic carbocycles. The van der Waals surface area contributed by atoms with Gasteiger partial charge < -0.3 is 19.7 Å². The molecule has 0 aliphatic rings. The third-order valence-electron chi connectivity index (χ3n) is 3.16. The van der Waals surface area contributed by atoms with Crippen molar-refractivity contribution in [1.82, 2.24) is 9.97 Å². The van der Waals surface area contributed by atoms with Crippen molar-refractivity contribution >= 4 is 17.3 Å². The lowest BCUT2D eigenvalue weighted by Crippen LogP contribution is -2.15. The number of benzene rings is 1. The quantitative estimate of drug-likeness (QED) is 0.841. The number of anilines is 2. The Morgan fingerprint density at radius 2 is 1.96 bits per heavy atom. The van der Waals surface area contributed by atoms with Gasteiger partial charge in [0.2, 0.25) is 5.88 Å². The molecule has 0 spiro atoms. The highest BCUT2D eigenvalue weighted by molar-refractivity contribution is 6.05. The van der Waals surface area contributed by atoms with Crippen molar-refractivity contribution in [2.75, 3.05) is 37.5 Å². The van der Waals surface area contributed by atoms with Gasteiger partial charge in [0, 0.05) is 25.3 Å². The van der Waals surface area contributed by atoms with E-state index in [2.05, 4.69) is 15.3 Å². The lowest BCUT2D eigenvalue weighted by atomic mass is 10.2. The third kappa shape index (κ3) is 4.34. The molecule has 0 bridgehead atoms. The van der Waals surface area contributed by atoms with Crippen molar-refractivity contribution in [2.45, 2.75) is 13.8 Å². The Morgan fingerprint density at radius 1 is 1.21 bits per heavy atom. The highest BCUT2D eigenvalue weighted by atomic mass is 16.5. The van der Waals surface area contributed by atoms with E-state index in [4.69, 9.17) is 9.47 Å². The molecular weight excluding hydrogens is 308 g/mol. The number of nitrogens with zero attached hydrogens (tertiary/aromatic N) is 3. The number of aromatic nitrogens is 2. The summed E-state index contributed by atoms with van der Waals surface area (Å²) in [4.78, 5) is 22.7. The lowest BCUT2D eigenvalue weighted by molar-refractivity contribution is 0.102. The third-order valence-corrected chi connectivity index (χ3v) is 3.16. The molecular formula is C17H22N4O3. The molecule has 0 fully saturated rings. The maximum Gasteiger partial charge on any atom is 0.319 e. The van der Waals surface area contributed by atoms with Crippen LogP contribution in [-0.2, 0) is 0 Å². The molecule has 24 heavy (non-hydrogen) atoms. The number of ether oxygens (including phenoxy) is 2. The van der Waals surface area contributed by atoms with Crippen LogP contribution in [0.15, 0.2) is 30.5 Å². The highest BCUT2D eigenvalue weighted by Gasteiger charge is 2.14. The van der Waals surface area contributed by atoms with Crippen LogP contribution in [0.3, 0.4) is 0 Å². The zero-order valence-electron chi connectivity index (χ0n) is 14.4. The standard InChI is InChI=1S/C17H22N4O3/c1-5-23-16-14(11-18-17(20-16)24-6-2)19-15(22)12-8-7-9-13(10-12)21(3)4/h7-11H,5-6H2,1-4H3,(H,19,22). The van der Waals surface area contributed by atoms with Gasteiger partial charge in [-0.3, -0.25) is 4.79 Å². The van der Waals surface area contributed by atoms with E-state index in [1.54, 1.807) is 6.07 Å². The van der Waals surface area contributed by atoms with E-state index in [9.17, 15) is 4.79 Å². The molecule has 1 amide bonds. The fraction of sp³-hybridized carbons (Fsp3) is 0.353. The molecule has 0 radical (unpaired) electrons. The highest BCUT2D eigenvalue weighted by Crippen LogP contribution is 2.24. The van der Waals surface area contributed by atoms with E-state index in [0.717, 1.165) is 5.69 Å². The largest absolute Gasteiger partial charge is 0.476 e. The molecule has 0 saturated heterocycles. The van der Waals surface area contributed by atoms with Crippen LogP contribution >= 0.6 is 0 Å². The summed E-state index contributed by atoms with van der Waals surface area (Å²) < 4.78 is 10.7. The van der Waals surface area contributed by atoms with E-state index >= 15 is 0 Å². The van der Waals surface area contributed by atoms with Crippen LogP contribution in [0, 0.1) is 0 Å². The van der Waals surface area contributed by atoms with Crippen molar-refractivity contribution in [3.63, 3.8) is 0 Å². The van der Waals surface area contributed by atoms with Crippen molar-refractivity contribution in [1.29, 1.82) is 0 Å². The summed E-state index contributed by atoms with van der Waals surface area (Å²) in [5.41, 5.74) is 1.88. The van der Waals surface area contributed by atoms with Gasteiger partial charge in [0.25, 0.3) is 5.91 Å². The topological polar surface area (TPSA) is 76.6 Å². The molecule has 1 N–H and O–H groups in total. The van der Waals surface area contributed by atoms with Gasteiger partial charge in [0.1, 0.15) is 5.69 Å². The number of hydrogen-bond acceptors (Lipinski definition) is 6. The van der Waals surface area contributed by atoms with Gasteiger partial charge >= 0.3 is 6.01 Å². The molecule has 7 heteroatoms. The minimum atomic E-state index is -0.257. The molecule has 1 aromatic carbocycles. The average Bonchev–Trinajstić information content (AvgIpc) is 2.57. The molecule has 1 heterocycles. The fourth-order valence-electron chi connectivity index (χ4n) is 2.00. The molecule has 0 saturated carbocycles. The smallest absolute Gasteiger partial charge is 0.319 e. The number of nitrogens with one attached hydrogen (secondary N) is 1. The molecule has 0 atom stereocenters. The zero-order valence-corrected chi connectivity index (χ0v) is 14.4. The van der Waals surface area contributed by atoms with Gasteiger partial charge in [0.05, 0.1) is 19.4 Å².